The zero-order valence-electron chi connectivity index (χ0n) is 38.7. The van der Waals surface area contributed by atoms with Crippen LogP contribution in [0.15, 0.2) is 122 Å². The number of rotatable bonds is 18. The van der Waals surface area contributed by atoms with E-state index in [1.165, 1.54) is 19.3 Å². The van der Waals surface area contributed by atoms with Crippen molar-refractivity contribution in [1.82, 2.24) is 40.8 Å². The molecule has 2 aliphatic rings. The highest BCUT2D eigenvalue weighted by molar-refractivity contribution is 6.00. The summed E-state index contributed by atoms with van der Waals surface area (Å²) in [5.74, 6) is 0.837. The van der Waals surface area contributed by atoms with E-state index < -0.39 is 0 Å². The molecule has 8 rings (SSSR count). The van der Waals surface area contributed by atoms with Crippen LogP contribution in [0, 0.1) is 0 Å². The van der Waals surface area contributed by atoms with Gasteiger partial charge in [-0.1, -0.05) is 42.8 Å². The Labute approximate surface area is 397 Å². The topological polar surface area (TPSA) is 207 Å². The number of hydrogen-bond donors (Lipinski definition) is 7. The molecule has 0 radical (unpaired) electrons. The molecule has 0 atom stereocenters. The number of nitrogens with one attached hydrogen (secondary N) is 7. The minimum Gasteiger partial charge on any atom is -0.370 e. The molecule has 5 amide bonds. The molecular weight excluding hydrogens is 857 g/mol. The van der Waals surface area contributed by atoms with Gasteiger partial charge in [-0.2, -0.15) is 0 Å². The van der Waals surface area contributed by atoms with Crippen LogP contribution in [0.4, 0.5) is 27.8 Å². The lowest BCUT2D eigenvalue weighted by atomic mass is 10.1. The molecule has 6 aromatic rings. The van der Waals surface area contributed by atoms with E-state index in [-0.39, 0.29) is 23.8 Å². The second kappa shape index (κ2) is 24.7. The minimum absolute atomic E-state index is 0.0471. The number of piperidine rings is 1. The summed E-state index contributed by atoms with van der Waals surface area (Å²) < 4.78 is 0. The number of anilines is 4. The van der Waals surface area contributed by atoms with Gasteiger partial charge in [-0.25, -0.2) is 14.8 Å². The molecule has 16 nitrogen and oxygen atoms in total. The second-order valence-electron chi connectivity index (χ2n) is 16.6. The molecule has 1 saturated carbocycles. The Morgan fingerprint density at radius 3 is 1.85 bits per heavy atom. The zero-order chi connectivity index (χ0) is 47.5. The second-order valence-corrected chi connectivity index (χ2v) is 16.6. The van der Waals surface area contributed by atoms with E-state index in [9.17, 15) is 19.2 Å². The number of carbonyl (C=O) groups excluding carboxylic acids is 4. The molecule has 2 aromatic carbocycles. The van der Waals surface area contributed by atoms with Crippen molar-refractivity contribution in [3.63, 3.8) is 0 Å². The van der Waals surface area contributed by atoms with Crippen LogP contribution in [0.25, 0.3) is 22.5 Å². The third kappa shape index (κ3) is 14.6. The van der Waals surface area contributed by atoms with Crippen molar-refractivity contribution in [2.24, 2.45) is 0 Å². The van der Waals surface area contributed by atoms with Crippen LogP contribution in [0.3, 0.4) is 0 Å². The first-order chi connectivity index (χ1) is 33.2. The van der Waals surface area contributed by atoms with E-state index in [0.717, 1.165) is 71.8 Å². The smallest absolute Gasteiger partial charge is 0.319 e. The Balaban J connectivity index is 0.000000207. The maximum absolute atomic E-state index is 13.0. The number of urea groups is 1. The van der Waals surface area contributed by atoms with Crippen LogP contribution >= 0.6 is 0 Å². The molecule has 4 aromatic heterocycles. The number of nitrogens with zero attached hydrogens (tertiary/aromatic N) is 5. The fourth-order valence-corrected chi connectivity index (χ4v) is 7.52. The summed E-state index contributed by atoms with van der Waals surface area (Å²) in [6, 6.07) is 29.9. The number of aromatic nitrogens is 4. The average molecular weight is 917 g/mol. The first-order valence-corrected chi connectivity index (χ1v) is 23.3. The van der Waals surface area contributed by atoms with Gasteiger partial charge in [-0.3, -0.25) is 24.4 Å². The molecule has 5 heterocycles. The van der Waals surface area contributed by atoms with Gasteiger partial charge < -0.3 is 42.1 Å². The Morgan fingerprint density at radius 2 is 1.26 bits per heavy atom. The van der Waals surface area contributed by atoms with Gasteiger partial charge in [0, 0.05) is 93.0 Å². The maximum atomic E-state index is 13.0. The highest BCUT2D eigenvalue weighted by atomic mass is 16.2. The number of carbonyl (C=O) groups is 4. The molecule has 0 unspecified atom stereocenters. The van der Waals surface area contributed by atoms with Crippen LogP contribution in [-0.4, -0.2) is 94.4 Å². The highest BCUT2D eigenvalue weighted by Gasteiger charge is 2.25. The number of pyridine rings is 4. The summed E-state index contributed by atoms with van der Waals surface area (Å²) in [6.45, 7) is 6.75. The van der Waals surface area contributed by atoms with Crippen LogP contribution in [-0.2, 0) is 17.8 Å². The van der Waals surface area contributed by atoms with Crippen molar-refractivity contribution in [2.45, 2.75) is 64.5 Å². The van der Waals surface area contributed by atoms with Crippen LogP contribution < -0.4 is 37.2 Å². The summed E-state index contributed by atoms with van der Waals surface area (Å²) >= 11 is 0. The molecule has 0 spiro atoms. The third-order valence-electron chi connectivity index (χ3n) is 11.4. The van der Waals surface area contributed by atoms with Gasteiger partial charge in [-0.05, 0) is 124 Å². The predicted octanol–water partition coefficient (Wildman–Crippen LogP) is 7.76. The minimum atomic E-state index is -0.286. The Hall–Kier alpha value is -7.72. The average Bonchev–Trinajstić information content (AvgIpc) is 4.20. The Bertz CT molecular complexity index is 2590. The van der Waals surface area contributed by atoms with Crippen molar-refractivity contribution < 1.29 is 19.2 Å². The fraction of sp³-hybridized carbons (Fsp3) is 0.308. The van der Waals surface area contributed by atoms with Crippen molar-refractivity contribution in [1.29, 1.82) is 0 Å². The first kappa shape index (κ1) is 48.2. The van der Waals surface area contributed by atoms with E-state index in [4.69, 9.17) is 4.98 Å². The van der Waals surface area contributed by atoms with Crippen LogP contribution in [0.5, 0.6) is 0 Å². The predicted molar refractivity (Wildman–Crippen MR) is 267 cm³/mol. The summed E-state index contributed by atoms with van der Waals surface area (Å²) in [5, 5.41) is 20.8. The van der Waals surface area contributed by atoms with Gasteiger partial charge in [0.05, 0.1) is 22.5 Å². The van der Waals surface area contributed by atoms with Gasteiger partial charge in [0.1, 0.15) is 11.6 Å². The lowest BCUT2D eigenvalue weighted by Gasteiger charge is -2.26. The highest BCUT2D eigenvalue weighted by Crippen LogP contribution is 2.29. The number of hydrogen-bond acceptors (Lipinski definition) is 11. The summed E-state index contributed by atoms with van der Waals surface area (Å²) in [5.41, 5.74) is 7.75. The monoisotopic (exact) mass is 916 g/mol. The number of likely N-dealkylation sites (tertiary alicyclic amines) is 1. The maximum Gasteiger partial charge on any atom is 0.319 e. The van der Waals surface area contributed by atoms with Crippen molar-refractivity contribution in [3.05, 3.63) is 144 Å². The molecule has 0 bridgehead atoms. The summed E-state index contributed by atoms with van der Waals surface area (Å²) in [7, 11) is 1.59. The molecule has 7 N–H and O–H groups in total. The van der Waals surface area contributed by atoms with Crippen molar-refractivity contribution in [2.75, 3.05) is 61.0 Å². The first-order valence-electron chi connectivity index (χ1n) is 23.3. The molecule has 1 aliphatic heterocycles. The lowest BCUT2D eigenvalue weighted by molar-refractivity contribution is -0.116. The third-order valence-corrected chi connectivity index (χ3v) is 11.4. The summed E-state index contributed by atoms with van der Waals surface area (Å²) in [6.07, 6.45) is 13.9. The molecule has 16 heteroatoms. The standard InChI is InChI=1S/C29H35N7O2.C23H25N5O2/c37-28(31-15-18-36-16-2-1-3-17-36)25-12-13-26(35-27(25)33-23-10-11-23)22-6-8-24(9-7-22)34-29(38)32-20-21-5-4-14-30-19-21;1-3-26-22-19(23(30)24-2)11-12-20(28-22)17-7-9-18(10-8-17)27-21(29)13-6-16-5-4-14-25-15-16/h4-9,12-14,19,23H,1-3,10-11,15-18,20H2,(H,31,37)(H,33,35)(H2,32,34,38);4-5,7-12,14-15H,3,6,13H2,1-2H3,(H,24,30)(H,26,28)(H,27,29). The van der Waals surface area contributed by atoms with Crippen LogP contribution in [0.2, 0.25) is 0 Å². The SMILES string of the molecule is CCNc1nc(-c2ccc(NC(=O)CCc3cccnc3)cc2)ccc1C(=O)NC.O=C(NCc1cccnc1)Nc1ccc(-c2ccc(C(=O)NCCN3CCCCC3)c(NC3CC3)n2)cc1. The van der Waals surface area contributed by atoms with Gasteiger partial charge in [-0.15, -0.1) is 0 Å². The van der Waals surface area contributed by atoms with Gasteiger partial charge in [0.15, 0.2) is 0 Å². The fourth-order valence-electron chi connectivity index (χ4n) is 7.52. The van der Waals surface area contributed by atoms with E-state index in [1.54, 1.807) is 37.9 Å². The molecule has 1 saturated heterocycles. The van der Waals surface area contributed by atoms with E-state index >= 15 is 0 Å². The number of aryl methyl sites for hydroxylation is 1. The van der Waals surface area contributed by atoms with E-state index in [0.29, 0.717) is 67.0 Å². The lowest BCUT2D eigenvalue weighted by Crippen LogP contribution is -2.37. The van der Waals surface area contributed by atoms with Gasteiger partial charge in [0.2, 0.25) is 5.91 Å². The van der Waals surface area contributed by atoms with Gasteiger partial charge >= 0.3 is 6.03 Å². The largest absolute Gasteiger partial charge is 0.370 e. The summed E-state index contributed by atoms with van der Waals surface area (Å²) in [4.78, 5) is 69.4. The normalized spacial score (nSPS) is 13.2. The molecule has 2 fully saturated rings. The molecule has 1 aliphatic carbocycles. The molecule has 68 heavy (non-hydrogen) atoms. The Morgan fingerprint density at radius 1 is 0.662 bits per heavy atom. The Kier molecular flexibility index (Phi) is 17.5. The van der Waals surface area contributed by atoms with E-state index in [2.05, 4.69) is 57.1 Å². The van der Waals surface area contributed by atoms with Gasteiger partial charge in [0.25, 0.3) is 11.8 Å². The molecule has 352 valence electrons. The number of amides is 5. The number of benzene rings is 2. The van der Waals surface area contributed by atoms with E-state index in [1.807, 2.05) is 97.9 Å². The quantitative estimate of drug-likeness (QED) is 0.0444. The van der Waals surface area contributed by atoms with Crippen molar-refractivity contribution in [3.8, 4) is 22.5 Å². The van der Waals surface area contributed by atoms with Crippen molar-refractivity contribution >= 4 is 46.8 Å². The molecular formula is C52H60N12O4. The van der Waals surface area contributed by atoms with Crippen LogP contribution in [0.1, 0.15) is 77.3 Å². The zero-order valence-corrected chi connectivity index (χ0v) is 38.7.